The summed E-state index contributed by atoms with van der Waals surface area (Å²) in [5.41, 5.74) is 1.70. The maximum absolute atomic E-state index is 11.7. The van der Waals surface area contributed by atoms with Crippen molar-refractivity contribution in [2.24, 2.45) is 0 Å². The van der Waals surface area contributed by atoms with Crippen LogP contribution in [0.2, 0.25) is 10.0 Å². The lowest BCUT2D eigenvalue weighted by Crippen LogP contribution is -2.29. The van der Waals surface area contributed by atoms with E-state index < -0.39 is 0 Å². The number of benzene rings is 2. The summed E-state index contributed by atoms with van der Waals surface area (Å²) in [5, 5.41) is 6.67. The minimum Gasteiger partial charge on any atom is -0.375 e. The van der Waals surface area contributed by atoms with Gasteiger partial charge in [0, 0.05) is 6.54 Å². The number of rotatable bonds is 5. The first-order valence-corrected chi connectivity index (χ1v) is 6.91. The Balaban J connectivity index is 1.82. The Morgan fingerprint density at radius 1 is 1.00 bits per heavy atom. The maximum atomic E-state index is 11.7. The first kappa shape index (κ1) is 14.7. The largest absolute Gasteiger partial charge is 0.375 e. The molecule has 0 saturated carbocycles. The van der Waals surface area contributed by atoms with Gasteiger partial charge in [-0.3, -0.25) is 4.79 Å². The van der Waals surface area contributed by atoms with E-state index >= 15 is 0 Å². The molecule has 0 aliphatic heterocycles. The highest BCUT2D eigenvalue weighted by molar-refractivity contribution is 6.43. The van der Waals surface area contributed by atoms with E-state index in [4.69, 9.17) is 23.2 Å². The first-order chi connectivity index (χ1) is 9.66. The molecule has 0 unspecified atom stereocenters. The lowest BCUT2D eigenvalue weighted by molar-refractivity contribution is -0.119. The molecule has 0 heterocycles. The van der Waals surface area contributed by atoms with Crippen LogP contribution in [0, 0.1) is 0 Å². The van der Waals surface area contributed by atoms with Crippen molar-refractivity contribution in [1.29, 1.82) is 0 Å². The minimum absolute atomic E-state index is 0.107. The fourth-order valence-corrected chi connectivity index (χ4v) is 2.04. The average Bonchev–Trinajstić information content (AvgIpc) is 2.48. The summed E-state index contributed by atoms with van der Waals surface area (Å²) in [4.78, 5) is 11.7. The quantitative estimate of drug-likeness (QED) is 0.884. The third-order valence-electron chi connectivity index (χ3n) is 2.72. The zero-order valence-corrected chi connectivity index (χ0v) is 12.2. The lowest BCUT2D eigenvalue weighted by atomic mass is 10.2. The van der Waals surface area contributed by atoms with Crippen LogP contribution in [-0.4, -0.2) is 12.5 Å². The molecule has 0 fully saturated rings. The minimum atomic E-state index is -0.107. The van der Waals surface area contributed by atoms with Crippen molar-refractivity contribution in [1.82, 2.24) is 5.32 Å². The first-order valence-electron chi connectivity index (χ1n) is 6.15. The Labute approximate surface area is 127 Å². The molecule has 3 nitrogen and oxygen atoms in total. The SMILES string of the molecule is O=C(CNc1cccc(Cl)c1Cl)NCc1ccccc1. The van der Waals surface area contributed by atoms with E-state index in [1.165, 1.54) is 0 Å². The molecule has 0 radical (unpaired) electrons. The molecule has 20 heavy (non-hydrogen) atoms. The molecule has 0 aliphatic rings. The van der Waals surface area contributed by atoms with Gasteiger partial charge in [-0.2, -0.15) is 0 Å². The third kappa shape index (κ3) is 4.15. The number of halogens is 2. The van der Waals surface area contributed by atoms with Crippen LogP contribution < -0.4 is 10.6 Å². The summed E-state index contributed by atoms with van der Waals surface area (Å²) in [6, 6.07) is 15.0. The number of nitrogens with one attached hydrogen (secondary N) is 2. The van der Waals surface area contributed by atoms with Gasteiger partial charge in [0.05, 0.1) is 22.3 Å². The maximum Gasteiger partial charge on any atom is 0.239 e. The Morgan fingerprint density at radius 2 is 1.75 bits per heavy atom. The number of hydrogen-bond donors (Lipinski definition) is 2. The van der Waals surface area contributed by atoms with Crippen molar-refractivity contribution in [3.05, 3.63) is 64.1 Å². The smallest absolute Gasteiger partial charge is 0.239 e. The summed E-state index contributed by atoms with van der Waals surface area (Å²) >= 11 is 11.9. The van der Waals surface area contributed by atoms with Gasteiger partial charge in [0.2, 0.25) is 5.91 Å². The molecule has 2 aromatic rings. The van der Waals surface area contributed by atoms with E-state index in [1.54, 1.807) is 18.2 Å². The summed E-state index contributed by atoms with van der Waals surface area (Å²) in [6.45, 7) is 0.650. The molecule has 0 aliphatic carbocycles. The third-order valence-corrected chi connectivity index (χ3v) is 3.54. The topological polar surface area (TPSA) is 41.1 Å². The number of anilines is 1. The molecule has 5 heteroatoms. The molecule has 0 bridgehead atoms. The zero-order chi connectivity index (χ0) is 14.4. The molecule has 2 aromatic carbocycles. The van der Waals surface area contributed by atoms with Crippen LogP contribution in [0.3, 0.4) is 0 Å². The number of amides is 1. The highest BCUT2D eigenvalue weighted by Crippen LogP contribution is 2.29. The van der Waals surface area contributed by atoms with Crippen molar-refractivity contribution in [3.8, 4) is 0 Å². The monoisotopic (exact) mass is 308 g/mol. The molecule has 2 rings (SSSR count). The molecule has 0 aromatic heterocycles. The highest BCUT2D eigenvalue weighted by Gasteiger charge is 2.06. The molecule has 2 N–H and O–H groups in total. The Kier molecular flexibility index (Phi) is 5.27. The normalized spacial score (nSPS) is 10.1. The van der Waals surface area contributed by atoms with Crippen LogP contribution in [0.25, 0.3) is 0 Å². The second-order valence-corrected chi connectivity index (χ2v) is 5.00. The van der Waals surface area contributed by atoms with Gasteiger partial charge >= 0.3 is 0 Å². The molecule has 104 valence electrons. The number of carbonyl (C=O) groups is 1. The molecular weight excluding hydrogens is 295 g/mol. The van der Waals surface area contributed by atoms with Gasteiger partial charge in [-0.25, -0.2) is 0 Å². The highest BCUT2D eigenvalue weighted by atomic mass is 35.5. The summed E-state index contributed by atoms with van der Waals surface area (Å²) in [7, 11) is 0. The fraction of sp³-hybridized carbons (Fsp3) is 0.133. The van der Waals surface area contributed by atoms with Gasteiger partial charge in [-0.05, 0) is 17.7 Å². The van der Waals surface area contributed by atoms with E-state index in [1.807, 2.05) is 30.3 Å². The van der Waals surface area contributed by atoms with E-state index in [-0.39, 0.29) is 12.5 Å². The van der Waals surface area contributed by atoms with Crippen LogP contribution in [-0.2, 0) is 11.3 Å². The van der Waals surface area contributed by atoms with E-state index in [0.717, 1.165) is 5.56 Å². The van der Waals surface area contributed by atoms with Crippen molar-refractivity contribution in [2.45, 2.75) is 6.54 Å². The molecule has 0 atom stereocenters. The van der Waals surface area contributed by atoms with E-state index in [9.17, 15) is 4.79 Å². The molecule has 1 amide bonds. The van der Waals surface area contributed by atoms with Crippen molar-refractivity contribution < 1.29 is 4.79 Å². The van der Waals surface area contributed by atoms with Gasteiger partial charge < -0.3 is 10.6 Å². The van der Waals surface area contributed by atoms with Crippen LogP contribution >= 0.6 is 23.2 Å². The Morgan fingerprint density at radius 3 is 2.50 bits per heavy atom. The van der Waals surface area contributed by atoms with Gasteiger partial charge in [0.1, 0.15) is 0 Å². The van der Waals surface area contributed by atoms with E-state index in [0.29, 0.717) is 22.3 Å². The second kappa shape index (κ2) is 7.17. The Hall–Kier alpha value is -1.71. The average molecular weight is 309 g/mol. The summed E-state index contributed by atoms with van der Waals surface area (Å²) in [6.07, 6.45) is 0. The van der Waals surface area contributed by atoms with Gasteiger partial charge in [-0.15, -0.1) is 0 Å². The van der Waals surface area contributed by atoms with Crippen LogP contribution in [0.15, 0.2) is 48.5 Å². The Bertz CT molecular complexity index is 588. The fourth-order valence-electron chi connectivity index (χ4n) is 1.67. The van der Waals surface area contributed by atoms with Crippen LogP contribution in [0.4, 0.5) is 5.69 Å². The van der Waals surface area contributed by atoms with Gasteiger partial charge in [0.25, 0.3) is 0 Å². The predicted octanol–water partition coefficient (Wildman–Crippen LogP) is 3.72. The number of carbonyl (C=O) groups excluding carboxylic acids is 1. The van der Waals surface area contributed by atoms with Crippen molar-refractivity contribution in [3.63, 3.8) is 0 Å². The molecule has 0 saturated heterocycles. The molecule has 0 spiro atoms. The predicted molar refractivity (Wildman–Crippen MR) is 83.2 cm³/mol. The van der Waals surface area contributed by atoms with Crippen molar-refractivity contribution >= 4 is 34.8 Å². The van der Waals surface area contributed by atoms with Crippen LogP contribution in [0.1, 0.15) is 5.56 Å². The zero-order valence-electron chi connectivity index (χ0n) is 10.7. The number of hydrogen-bond acceptors (Lipinski definition) is 2. The lowest BCUT2D eigenvalue weighted by Gasteiger charge is -2.10. The van der Waals surface area contributed by atoms with E-state index in [2.05, 4.69) is 10.6 Å². The summed E-state index contributed by atoms with van der Waals surface area (Å²) < 4.78 is 0. The standard InChI is InChI=1S/C15H14Cl2N2O/c16-12-7-4-8-13(15(12)17)18-10-14(20)19-9-11-5-2-1-3-6-11/h1-8,18H,9-10H2,(H,19,20). The second-order valence-electron chi connectivity index (χ2n) is 4.22. The summed E-state index contributed by atoms with van der Waals surface area (Å²) in [5.74, 6) is -0.107. The van der Waals surface area contributed by atoms with Crippen LogP contribution in [0.5, 0.6) is 0 Å². The van der Waals surface area contributed by atoms with Gasteiger partial charge in [-0.1, -0.05) is 59.6 Å². The molecular formula is C15H14Cl2N2O. The van der Waals surface area contributed by atoms with Gasteiger partial charge in [0.15, 0.2) is 0 Å². The van der Waals surface area contributed by atoms with Crippen molar-refractivity contribution in [2.75, 3.05) is 11.9 Å².